The fourth-order valence-corrected chi connectivity index (χ4v) is 6.71. The highest BCUT2D eigenvalue weighted by atomic mass is 19.3. The maximum atomic E-state index is 14.1. The van der Waals surface area contributed by atoms with E-state index in [0.29, 0.717) is 42.0 Å². The Balaban J connectivity index is 1.13. The van der Waals surface area contributed by atoms with Crippen molar-refractivity contribution in [1.82, 2.24) is 9.97 Å². The minimum atomic E-state index is -2.65. The number of fused-ring (bicyclic) bond motifs is 3. The number of amides is 2. The smallest absolute Gasteiger partial charge is 0.421 e. The number of amidine groups is 1. The number of carbonyl (C=O) groups excluding carboxylic acids is 2. The van der Waals surface area contributed by atoms with Crippen LogP contribution in [-0.4, -0.2) is 59.5 Å². The molecule has 1 N–H and O–H groups in total. The normalized spacial score (nSPS) is 22.8. The lowest BCUT2D eigenvalue weighted by Crippen LogP contribution is -2.41. The lowest BCUT2D eigenvalue weighted by Gasteiger charge is -2.31. The molecule has 12 heteroatoms. The summed E-state index contributed by atoms with van der Waals surface area (Å²) in [5.74, 6) is -0.817. The molecule has 2 atom stereocenters. The van der Waals surface area contributed by atoms with Crippen molar-refractivity contribution in [2.24, 2.45) is 4.99 Å². The first-order valence-corrected chi connectivity index (χ1v) is 15.5. The van der Waals surface area contributed by atoms with E-state index >= 15 is 0 Å². The largest absolute Gasteiger partial charge is 0.497 e. The second kappa shape index (κ2) is 10.5. The summed E-state index contributed by atoms with van der Waals surface area (Å²) in [4.78, 5) is 44.0. The molecule has 1 saturated carbocycles. The van der Waals surface area contributed by atoms with Gasteiger partial charge < -0.3 is 19.7 Å². The Morgan fingerprint density at radius 2 is 1.87 bits per heavy atom. The number of imide groups is 1. The topological polar surface area (TPSA) is 109 Å². The molecule has 4 aliphatic rings. The molecule has 1 spiro atoms. The Morgan fingerprint density at radius 3 is 2.59 bits per heavy atom. The molecule has 240 valence electrons. The van der Waals surface area contributed by atoms with E-state index in [1.807, 2.05) is 25.1 Å². The molecule has 3 aromatic rings. The number of hydrogen-bond acceptors (Lipinski definition) is 9. The average Bonchev–Trinajstić information content (AvgIpc) is 3.56. The van der Waals surface area contributed by atoms with Gasteiger partial charge in [0.1, 0.15) is 23.0 Å². The molecular formula is C34H36F2N6O4. The van der Waals surface area contributed by atoms with E-state index in [0.717, 1.165) is 27.8 Å². The number of ether oxygens (including phenoxy) is 2. The van der Waals surface area contributed by atoms with Gasteiger partial charge >= 0.3 is 6.09 Å². The zero-order valence-electron chi connectivity index (χ0n) is 26.5. The molecule has 0 unspecified atom stereocenters. The number of aryl methyl sites for hydroxylation is 1. The number of nitrogens with zero attached hydrogens (tertiary/aromatic N) is 5. The summed E-state index contributed by atoms with van der Waals surface area (Å²) in [5.41, 5.74) is 3.37. The summed E-state index contributed by atoms with van der Waals surface area (Å²) in [6, 6.07) is 11.4. The van der Waals surface area contributed by atoms with Crippen LogP contribution >= 0.6 is 0 Å². The van der Waals surface area contributed by atoms with E-state index in [1.165, 1.54) is 4.90 Å². The summed E-state index contributed by atoms with van der Waals surface area (Å²) in [6.45, 7) is 8.04. The van der Waals surface area contributed by atoms with Crippen LogP contribution in [0.5, 0.6) is 5.75 Å². The second-order valence-corrected chi connectivity index (χ2v) is 13.5. The maximum Gasteiger partial charge on any atom is 0.421 e. The molecule has 46 heavy (non-hydrogen) atoms. The minimum Gasteiger partial charge on any atom is -0.497 e. The van der Waals surface area contributed by atoms with Crippen LogP contribution in [-0.2, 0) is 21.5 Å². The molecule has 7 rings (SSSR count). The van der Waals surface area contributed by atoms with Crippen LogP contribution in [0.1, 0.15) is 73.8 Å². The van der Waals surface area contributed by atoms with Gasteiger partial charge in [-0.3, -0.25) is 9.79 Å². The second-order valence-electron chi connectivity index (χ2n) is 13.5. The van der Waals surface area contributed by atoms with Crippen molar-refractivity contribution >= 4 is 35.3 Å². The molecule has 1 saturated heterocycles. The van der Waals surface area contributed by atoms with Crippen LogP contribution in [0.15, 0.2) is 47.6 Å². The first-order valence-electron chi connectivity index (χ1n) is 15.5. The summed E-state index contributed by atoms with van der Waals surface area (Å²) < 4.78 is 38.5. The Hall–Kier alpha value is -4.61. The van der Waals surface area contributed by atoms with E-state index in [1.54, 1.807) is 51.1 Å². The molecule has 10 nitrogen and oxygen atoms in total. The van der Waals surface area contributed by atoms with Crippen LogP contribution in [0.3, 0.4) is 0 Å². The van der Waals surface area contributed by atoms with Crippen molar-refractivity contribution in [2.45, 2.75) is 76.4 Å². The van der Waals surface area contributed by atoms with Crippen LogP contribution < -0.4 is 19.9 Å². The average molecular weight is 631 g/mol. The number of piperidine rings is 1. The maximum absolute atomic E-state index is 14.1. The fourth-order valence-electron chi connectivity index (χ4n) is 6.71. The predicted octanol–water partition coefficient (Wildman–Crippen LogP) is 6.11. The Labute approximate surface area is 265 Å². The van der Waals surface area contributed by atoms with Gasteiger partial charge in [-0.25, -0.2) is 23.5 Å². The zero-order chi connectivity index (χ0) is 32.6. The first kappa shape index (κ1) is 30.1. The van der Waals surface area contributed by atoms with E-state index in [4.69, 9.17) is 14.5 Å². The molecule has 3 aliphatic heterocycles. The highest BCUT2D eigenvalue weighted by Gasteiger charge is 2.68. The van der Waals surface area contributed by atoms with Crippen molar-refractivity contribution in [3.8, 4) is 5.75 Å². The minimum absolute atomic E-state index is 0.135. The van der Waals surface area contributed by atoms with Gasteiger partial charge in [0.2, 0.25) is 11.9 Å². The molecule has 1 aromatic heterocycles. The SMILES string of the molecule is COc1ccc2c(c1)[C@]1(C[C@H]1c1ccc3c(c1)CN=C3Nc1nc(N3CCC(F)(F)CC3)ncc1C)C(=O)N2C(=O)OC(C)(C)C. The van der Waals surface area contributed by atoms with E-state index in [9.17, 15) is 18.4 Å². The summed E-state index contributed by atoms with van der Waals surface area (Å²) in [7, 11) is 1.58. The Morgan fingerprint density at radius 1 is 1.11 bits per heavy atom. The zero-order valence-corrected chi connectivity index (χ0v) is 26.5. The third kappa shape index (κ3) is 5.03. The third-order valence-corrected chi connectivity index (χ3v) is 9.21. The number of benzene rings is 2. The third-order valence-electron chi connectivity index (χ3n) is 9.21. The number of carbonyl (C=O) groups is 2. The van der Waals surface area contributed by atoms with Gasteiger partial charge in [-0.05, 0) is 69.0 Å². The number of methoxy groups -OCH3 is 1. The number of aromatic nitrogens is 2. The highest BCUT2D eigenvalue weighted by molar-refractivity contribution is 6.23. The Kier molecular flexibility index (Phi) is 6.84. The van der Waals surface area contributed by atoms with Crippen LogP contribution in [0.25, 0.3) is 0 Å². The molecule has 2 fully saturated rings. The van der Waals surface area contributed by atoms with E-state index < -0.39 is 23.0 Å². The van der Waals surface area contributed by atoms with Gasteiger partial charge in [0.15, 0.2) is 0 Å². The number of halogens is 2. The lowest BCUT2D eigenvalue weighted by atomic mass is 9.91. The van der Waals surface area contributed by atoms with Gasteiger partial charge in [-0.15, -0.1) is 0 Å². The van der Waals surface area contributed by atoms with Gasteiger partial charge in [0.25, 0.3) is 5.92 Å². The fraction of sp³-hybridized carbons (Fsp3) is 0.441. The number of rotatable bonds is 4. The number of aliphatic imine (C=N–C) groups is 1. The summed E-state index contributed by atoms with van der Waals surface area (Å²) >= 11 is 0. The molecule has 0 bridgehead atoms. The number of nitrogens with one attached hydrogen (secondary N) is 1. The van der Waals surface area contributed by atoms with Crippen LogP contribution in [0.4, 0.5) is 31.0 Å². The predicted molar refractivity (Wildman–Crippen MR) is 169 cm³/mol. The molecule has 1 aliphatic carbocycles. The highest BCUT2D eigenvalue weighted by Crippen LogP contribution is 2.67. The van der Waals surface area contributed by atoms with Crippen molar-refractivity contribution in [3.05, 3.63) is 70.4 Å². The summed E-state index contributed by atoms with van der Waals surface area (Å²) in [5, 5.41) is 3.34. The van der Waals surface area contributed by atoms with Crippen LogP contribution in [0.2, 0.25) is 0 Å². The lowest BCUT2D eigenvalue weighted by molar-refractivity contribution is -0.120. The molecule has 2 aromatic carbocycles. The molecule has 2 amide bonds. The Bertz CT molecular complexity index is 1790. The number of hydrogen-bond donors (Lipinski definition) is 1. The van der Waals surface area contributed by atoms with Crippen molar-refractivity contribution in [2.75, 3.05) is 35.3 Å². The standard InChI is InChI=1S/C34H36F2N6O4/c1-19-17-38-30(41-12-10-33(35,36)11-13-41)40-27(19)39-28-23-8-6-20(14-21(23)18-37-28)25-16-34(25)24-15-22(45-5)7-9-26(24)42(29(34)43)31(44)46-32(2,3)4/h6-9,14-15,17,25H,10-13,16,18H2,1-5H3,(H,37,38,39,40)/t25-,34-/m0/s1. The molecule has 4 heterocycles. The number of anilines is 3. The first-order chi connectivity index (χ1) is 21.8. The van der Waals surface area contributed by atoms with Gasteiger partial charge in [-0.2, -0.15) is 4.98 Å². The van der Waals surface area contributed by atoms with Gasteiger partial charge in [0, 0.05) is 49.2 Å². The van der Waals surface area contributed by atoms with E-state index in [-0.39, 0.29) is 37.8 Å². The summed E-state index contributed by atoms with van der Waals surface area (Å²) in [6.07, 6.45) is 1.12. The van der Waals surface area contributed by atoms with Crippen molar-refractivity contribution in [3.63, 3.8) is 0 Å². The van der Waals surface area contributed by atoms with Crippen molar-refractivity contribution < 1.29 is 27.8 Å². The van der Waals surface area contributed by atoms with Gasteiger partial charge in [0.05, 0.1) is 24.8 Å². The van der Waals surface area contributed by atoms with Crippen molar-refractivity contribution in [1.29, 1.82) is 0 Å². The van der Waals surface area contributed by atoms with Crippen LogP contribution in [0, 0.1) is 6.92 Å². The molecular weight excluding hydrogens is 594 g/mol. The number of alkyl halides is 2. The molecule has 0 radical (unpaired) electrons. The van der Waals surface area contributed by atoms with E-state index in [2.05, 4.69) is 21.4 Å². The van der Waals surface area contributed by atoms with Gasteiger partial charge in [-0.1, -0.05) is 18.2 Å². The monoisotopic (exact) mass is 630 g/mol. The quantitative estimate of drug-likeness (QED) is 0.368.